The normalized spacial score (nSPS) is 17.8. The van der Waals surface area contributed by atoms with Gasteiger partial charge >= 0.3 is 5.97 Å². The molecular weight excluding hydrogens is 154 g/mol. The Balaban J connectivity index is 2.60. The molecule has 0 atom stereocenters. The van der Waals surface area contributed by atoms with E-state index in [1.54, 1.807) is 0 Å². The standard InChI is InChI=1S/C9H17NO2/c1-3-9(4-2,8(11)12)10-7-5-6-7/h7,10H,3-6H2,1-2H3,(H,11,12). The predicted octanol–water partition coefficient (Wildman–Crippen LogP) is 1.38. The van der Waals surface area contributed by atoms with Gasteiger partial charge in [-0.05, 0) is 25.7 Å². The van der Waals surface area contributed by atoms with Crippen LogP contribution in [-0.4, -0.2) is 22.7 Å². The average molecular weight is 171 g/mol. The highest BCUT2D eigenvalue weighted by Crippen LogP contribution is 2.26. The van der Waals surface area contributed by atoms with Crippen LogP contribution in [0.4, 0.5) is 0 Å². The van der Waals surface area contributed by atoms with E-state index in [4.69, 9.17) is 5.11 Å². The van der Waals surface area contributed by atoms with Crippen molar-refractivity contribution < 1.29 is 9.90 Å². The highest BCUT2D eigenvalue weighted by molar-refractivity contribution is 5.78. The molecule has 3 nitrogen and oxygen atoms in total. The topological polar surface area (TPSA) is 49.3 Å². The fourth-order valence-electron chi connectivity index (χ4n) is 1.44. The Morgan fingerprint density at radius 1 is 1.50 bits per heavy atom. The van der Waals surface area contributed by atoms with E-state index in [0.29, 0.717) is 18.9 Å². The second kappa shape index (κ2) is 3.44. The lowest BCUT2D eigenvalue weighted by Gasteiger charge is -2.28. The summed E-state index contributed by atoms with van der Waals surface area (Å²) in [5.41, 5.74) is -0.666. The zero-order chi connectivity index (χ0) is 9.19. The fourth-order valence-corrected chi connectivity index (χ4v) is 1.44. The lowest BCUT2D eigenvalue weighted by atomic mass is 9.93. The molecule has 70 valence electrons. The molecule has 0 radical (unpaired) electrons. The average Bonchev–Trinajstić information content (AvgIpc) is 2.83. The minimum Gasteiger partial charge on any atom is -0.480 e. The largest absolute Gasteiger partial charge is 0.480 e. The number of carboxylic acid groups (broad SMARTS) is 1. The lowest BCUT2D eigenvalue weighted by molar-refractivity contribution is -0.145. The smallest absolute Gasteiger partial charge is 0.323 e. The first-order chi connectivity index (χ1) is 5.64. The van der Waals surface area contributed by atoms with Crippen molar-refractivity contribution in [1.82, 2.24) is 5.32 Å². The van der Waals surface area contributed by atoms with Crippen LogP contribution in [-0.2, 0) is 4.79 Å². The van der Waals surface area contributed by atoms with E-state index in [1.165, 1.54) is 0 Å². The Bertz CT molecular complexity index is 171. The van der Waals surface area contributed by atoms with E-state index < -0.39 is 11.5 Å². The van der Waals surface area contributed by atoms with Gasteiger partial charge < -0.3 is 5.11 Å². The maximum absolute atomic E-state index is 11.0. The van der Waals surface area contributed by atoms with Crippen molar-refractivity contribution in [2.75, 3.05) is 0 Å². The molecule has 0 aromatic rings. The molecule has 1 aliphatic rings. The van der Waals surface area contributed by atoms with Crippen LogP contribution < -0.4 is 5.32 Å². The van der Waals surface area contributed by atoms with Gasteiger partial charge in [0.15, 0.2) is 0 Å². The van der Waals surface area contributed by atoms with Crippen LogP contribution in [0.15, 0.2) is 0 Å². The quantitative estimate of drug-likeness (QED) is 0.657. The molecule has 0 unspecified atom stereocenters. The van der Waals surface area contributed by atoms with Crippen LogP contribution in [0, 0.1) is 0 Å². The van der Waals surface area contributed by atoms with E-state index in [0.717, 1.165) is 12.8 Å². The van der Waals surface area contributed by atoms with Crippen LogP contribution >= 0.6 is 0 Å². The van der Waals surface area contributed by atoms with Crippen molar-refractivity contribution in [1.29, 1.82) is 0 Å². The summed E-state index contributed by atoms with van der Waals surface area (Å²) < 4.78 is 0. The minimum atomic E-state index is -0.709. The number of rotatable bonds is 5. The molecule has 1 rings (SSSR count). The summed E-state index contributed by atoms with van der Waals surface area (Å²) in [6.07, 6.45) is 3.59. The first-order valence-corrected chi connectivity index (χ1v) is 4.65. The SMILES string of the molecule is CCC(CC)(NC1CC1)C(=O)O. The molecule has 0 heterocycles. The Labute approximate surface area is 73.2 Å². The van der Waals surface area contributed by atoms with Gasteiger partial charge in [-0.2, -0.15) is 0 Å². The van der Waals surface area contributed by atoms with E-state index in [1.807, 2.05) is 13.8 Å². The van der Waals surface area contributed by atoms with Gasteiger partial charge in [0.05, 0.1) is 0 Å². The molecule has 0 saturated heterocycles. The summed E-state index contributed by atoms with van der Waals surface area (Å²) in [4.78, 5) is 11.0. The van der Waals surface area contributed by atoms with Crippen LogP contribution in [0.1, 0.15) is 39.5 Å². The summed E-state index contributed by atoms with van der Waals surface area (Å²) in [6.45, 7) is 3.85. The van der Waals surface area contributed by atoms with Gasteiger partial charge in [0.1, 0.15) is 5.54 Å². The van der Waals surface area contributed by atoms with Crippen molar-refractivity contribution in [3.8, 4) is 0 Å². The molecule has 0 aromatic carbocycles. The van der Waals surface area contributed by atoms with Crippen LogP contribution in [0.2, 0.25) is 0 Å². The number of nitrogens with one attached hydrogen (secondary N) is 1. The van der Waals surface area contributed by atoms with E-state index in [-0.39, 0.29) is 0 Å². The second-order valence-corrected chi connectivity index (χ2v) is 3.51. The molecular formula is C9H17NO2. The highest BCUT2D eigenvalue weighted by Gasteiger charge is 2.39. The predicted molar refractivity (Wildman–Crippen MR) is 47.1 cm³/mol. The number of aliphatic carboxylic acids is 1. The first kappa shape index (κ1) is 9.52. The molecule has 12 heavy (non-hydrogen) atoms. The molecule has 1 aliphatic carbocycles. The van der Waals surface area contributed by atoms with E-state index in [9.17, 15) is 4.79 Å². The third-order valence-electron chi connectivity index (χ3n) is 2.67. The molecule has 1 saturated carbocycles. The maximum atomic E-state index is 11.0. The van der Waals surface area contributed by atoms with Gasteiger partial charge in [-0.15, -0.1) is 0 Å². The lowest BCUT2D eigenvalue weighted by Crippen LogP contribution is -2.52. The molecule has 0 aromatic heterocycles. The molecule has 2 N–H and O–H groups in total. The summed E-state index contributed by atoms with van der Waals surface area (Å²) in [7, 11) is 0. The van der Waals surface area contributed by atoms with Gasteiger partial charge in [0.25, 0.3) is 0 Å². The van der Waals surface area contributed by atoms with Crippen molar-refractivity contribution >= 4 is 5.97 Å². The third kappa shape index (κ3) is 1.78. The maximum Gasteiger partial charge on any atom is 0.323 e. The summed E-state index contributed by atoms with van der Waals surface area (Å²) in [6, 6.07) is 0.459. The molecule has 0 bridgehead atoms. The monoisotopic (exact) mass is 171 g/mol. The molecule has 3 heteroatoms. The molecule has 1 fully saturated rings. The highest BCUT2D eigenvalue weighted by atomic mass is 16.4. The molecule has 0 amide bonds. The van der Waals surface area contributed by atoms with Gasteiger partial charge in [0.2, 0.25) is 0 Å². The van der Waals surface area contributed by atoms with Crippen molar-refractivity contribution in [2.24, 2.45) is 0 Å². The first-order valence-electron chi connectivity index (χ1n) is 4.65. The Morgan fingerprint density at radius 2 is 2.00 bits per heavy atom. The van der Waals surface area contributed by atoms with Gasteiger partial charge in [-0.25, -0.2) is 0 Å². The molecule has 0 aliphatic heterocycles. The zero-order valence-electron chi connectivity index (χ0n) is 7.76. The Morgan fingerprint density at radius 3 is 2.25 bits per heavy atom. The third-order valence-corrected chi connectivity index (χ3v) is 2.67. The van der Waals surface area contributed by atoms with E-state index >= 15 is 0 Å². The number of hydrogen-bond acceptors (Lipinski definition) is 2. The number of hydrogen-bond donors (Lipinski definition) is 2. The van der Waals surface area contributed by atoms with Crippen LogP contribution in [0.5, 0.6) is 0 Å². The van der Waals surface area contributed by atoms with Crippen LogP contribution in [0.3, 0.4) is 0 Å². The van der Waals surface area contributed by atoms with Crippen LogP contribution in [0.25, 0.3) is 0 Å². The fraction of sp³-hybridized carbons (Fsp3) is 0.889. The van der Waals surface area contributed by atoms with E-state index in [2.05, 4.69) is 5.32 Å². The summed E-state index contributed by atoms with van der Waals surface area (Å²) in [5, 5.41) is 12.2. The number of carbonyl (C=O) groups is 1. The Kier molecular flexibility index (Phi) is 2.73. The van der Waals surface area contributed by atoms with Crippen molar-refractivity contribution in [3.63, 3.8) is 0 Å². The minimum absolute atomic E-state index is 0.459. The Hall–Kier alpha value is -0.570. The second-order valence-electron chi connectivity index (χ2n) is 3.51. The zero-order valence-corrected chi connectivity index (χ0v) is 7.76. The van der Waals surface area contributed by atoms with Gasteiger partial charge in [0, 0.05) is 6.04 Å². The van der Waals surface area contributed by atoms with Crippen molar-refractivity contribution in [3.05, 3.63) is 0 Å². The summed E-state index contributed by atoms with van der Waals surface area (Å²) >= 11 is 0. The number of carboxylic acids is 1. The summed E-state index contributed by atoms with van der Waals surface area (Å²) in [5.74, 6) is -0.709. The van der Waals surface area contributed by atoms with Crippen molar-refractivity contribution in [2.45, 2.75) is 51.1 Å². The van der Waals surface area contributed by atoms with Gasteiger partial charge in [-0.3, -0.25) is 10.1 Å². The van der Waals surface area contributed by atoms with Gasteiger partial charge in [-0.1, -0.05) is 13.8 Å². The molecule has 0 spiro atoms.